The van der Waals surface area contributed by atoms with E-state index < -0.39 is 15.8 Å². The fraction of sp³-hybridized carbons (Fsp3) is 0.500. The van der Waals surface area contributed by atoms with Gasteiger partial charge in [-0.2, -0.15) is 4.31 Å². The van der Waals surface area contributed by atoms with Crippen LogP contribution in [-0.4, -0.2) is 38.4 Å². The Labute approximate surface area is 107 Å². The SMILES string of the molecule is Cc1ccc(S(=O)(=O)N2CCNCC2C)c(F)c1. The van der Waals surface area contributed by atoms with Crippen LogP contribution in [0.4, 0.5) is 4.39 Å². The van der Waals surface area contributed by atoms with Crippen molar-refractivity contribution in [2.24, 2.45) is 0 Å². The Bertz CT molecular complexity index is 545. The second kappa shape index (κ2) is 4.95. The lowest BCUT2D eigenvalue weighted by Crippen LogP contribution is -2.52. The van der Waals surface area contributed by atoms with E-state index >= 15 is 0 Å². The molecular formula is C12H17FN2O2S. The second-order valence-corrected chi connectivity index (χ2v) is 6.46. The Morgan fingerprint density at radius 1 is 1.44 bits per heavy atom. The molecule has 1 N–H and O–H groups in total. The first-order valence-corrected chi connectivity index (χ1v) is 7.35. The first-order valence-electron chi connectivity index (χ1n) is 5.91. The molecule has 0 saturated carbocycles. The molecule has 1 aliphatic rings. The molecule has 1 aliphatic heterocycles. The molecule has 1 saturated heterocycles. The smallest absolute Gasteiger partial charge is 0.246 e. The largest absolute Gasteiger partial charge is 0.314 e. The van der Waals surface area contributed by atoms with Crippen molar-refractivity contribution in [1.82, 2.24) is 9.62 Å². The maximum atomic E-state index is 13.8. The summed E-state index contributed by atoms with van der Waals surface area (Å²) in [4.78, 5) is -0.234. The summed E-state index contributed by atoms with van der Waals surface area (Å²) >= 11 is 0. The van der Waals surface area contributed by atoms with Gasteiger partial charge in [0, 0.05) is 25.7 Å². The molecule has 0 radical (unpaired) electrons. The summed E-state index contributed by atoms with van der Waals surface area (Å²) in [6, 6.07) is 4.04. The van der Waals surface area contributed by atoms with Crippen molar-refractivity contribution in [3.05, 3.63) is 29.6 Å². The average Bonchev–Trinajstić information content (AvgIpc) is 2.28. The maximum Gasteiger partial charge on any atom is 0.246 e. The predicted molar refractivity (Wildman–Crippen MR) is 67.4 cm³/mol. The molecule has 0 amide bonds. The summed E-state index contributed by atoms with van der Waals surface area (Å²) in [5, 5.41) is 3.11. The van der Waals surface area contributed by atoms with Gasteiger partial charge in [-0.15, -0.1) is 0 Å². The summed E-state index contributed by atoms with van der Waals surface area (Å²) in [5.74, 6) is -0.680. The van der Waals surface area contributed by atoms with Gasteiger partial charge in [0.25, 0.3) is 0 Å². The van der Waals surface area contributed by atoms with E-state index in [1.807, 2.05) is 6.92 Å². The van der Waals surface area contributed by atoms with Gasteiger partial charge < -0.3 is 5.32 Å². The van der Waals surface area contributed by atoms with Crippen LogP contribution in [0.25, 0.3) is 0 Å². The monoisotopic (exact) mass is 272 g/mol. The second-order valence-electron chi connectivity index (χ2n) is 4.60. The van der Waals surface area contributed by atoms with Crippen molar-refractivity contribution in [3.63, 3.8) is 0 Å². The van der Waals surface area contributed by atoms with E-state index in [9.17, 15) is 12.8 Å². The van der Waals surface area contributed by atoms with E-state index in [-0.39, 0.29) is 10.9 Å². The lowest BCUT2D eigenvalue weighted by molar-refractivity contribution is 0.283. The molecule has 0 aliphatic carbocycles. The molecule has 100 valence electrons. The number of sulfonamides is 1. The Balaban J connectivity index is 2.41. The Hall–Kier alpha value is -0.980. The highest BCUT2D eigenvalue weighted by molar-refractivity contribution is 7.89. The van der Waals surface area contributed by atoms with Gasteiger partial charge in [-0.3, -0.25) is 0 Å². The van der Waals surface area contributed by atoms with E-state index in [1.54, 1.807) is 13.0 Å². The van der Waals surface area contributed by atoms with E-state index in [4.69, 9.17) is 0 Å². The van der Waals surface area contributed by atoms with Crippen LogP contribution in [0.2, 0.25) is 0 Å². The third-order valence-corrected chi connectivity index (χ3v) is 5.16. The van der Waals surface area contributed by atoms with Crippen molar-refractivity contribution < 1.29 is 12.8 Å². The quantitative estimate of drug-likeness (QED) is 0.877. The van der Waals surface area contributed by atoms with Gasteiger partial charge in [0.15, 0.2) is 0 Å². The first kappa shape index (κ1) is 13.5. The molecule has 4 nitrogen and oxygen atoms in total. The fourth-order valence-electron chi connectivity index (χ4n) is 2.12. The van der Waals surface area contributed by atoms with Gasteiger partial charge in [0.2, 0.25) is 10.0 Å². The van der Waals surface area contributed by atoms with Crippen LogP contribution in [0.3, 0.4) is 0 Å². The summed E-state index contributed by atoms with van der Waals surface area (Å²) in [7, 11) is -3.74. The number of rotatable bonds is 2. The molecule has 0 spiro atoms. The number of benzene rings is 1. The lowest BCUT2D eigenvalue weighted by Gasteiger charge is -2.32. The minimum absolute atomic E-state index is 0.163. The van der Waals surface area contributed by atoms with Crippen LogP contribution in [0.1, 0.15) is 12.5 Å². The van der Waals surface area contributed by atoms with Crippen molar-refractivity contribution in [2.45, 2.75) is 24.8 Å². The third-order valence-electron chi connectivity index (χ3n) is 3.11. The molecule has 0 aromatic heterocycles. The summed E-state index contributed by atoms with van der Waals surface area (Å²) in [6.07, 6.45) is 0. The van der Waals surface area contributed by atoms with Gasteiger partial charge in [-0.05, 0) is 31.5 Å². The topological polar surface area (TPSA) is 49.4 Å². The van der Waals surface area contributed by atoms with Gasteiger partial charge in [-0.25, -0.2) is 12.8 Å². The highest BCUT2D eigenvalue weighted by Crippen LogP contribution is 2.22. The molecule has 1 aromatic carbocycles. The van der Waals surface area contributed by atoms with Crippen LogP contribution >= 0.6 is 0 Å². The number of aryl methyl sites for hydroxylation is 1. The highest BCUT2D eigenvalue weighted by Gasteiger charge is 2.32. The van der Waals surface area contributed by atoms with Gasteiger partial charge in [0.1, 0.15) is 10.7 Å². The normalized spacial score (nSPS) is 22.1. The Morgan fingerprint density at radius 3 is 2.78 bits per heavy atom. The van der Waals surface area contributed by atoms with Gasteiger partial charge in [0.05, 0.1) is 0 Å². The number of nitrogens with zero attached hydrogens (tertiary/aromatic N) is 1. The molecule has 1 unspecified atom stereocenters. The molecule has 1 fully saturated rings. The molecule has 2 rings (SSSR count). The van der Waals surface area contributed by atoms with Crippen molar-refractivity contribution in [2.75, 3.05) is 19.6 Å². The van der Waals surface area contributed by atoms with Gasteiger partial charge >= 0.3 is 0 Å². The molecular weight excluding hydrogens is 255 g/mol. The third kappa shape index (κ3) is 2.41. The van der Waals surface area contributed by atoms with E-state index in [0.29, 0.717) is 25.2 Å². The summed E-state index contributed by atoms with van der Waals surface area (Å²) in [6.45, 7) is 5.10. The predicted octanol–water partition coefficient (Wildman–Crippen LogP) is 1.12. The summed E-state index contributed by atoms with van der Waals surface area (Å²) in [5.41, 5.74) is 0.708. The highest BCUT2D eigenvalue weighted by atomic mass is 32.2. The molecule has 18 heavy (non-hydrogen) atoms. The van der Waals surface area contributed by atoms with Gasteiger partial charge in [-0.1, -0.05) is 6.07 Å². The van der Waals surface area contributed by atoms with Crippen molar-refractivity contribution >= 4 is 10.0 Å². The molecule has 1 atom stereocenters. The minimum atomic E-state index is -3.74. The summed E-state index contributed by atoms with van der Waals surface area (Å²) < 4.78 is 39.9. The number of nitrogens with one attached hydrogen (secondary N) is 1. The van der Waals surface area contributed by atoms with Crippen LogP contribution in [0.5, 0.6) is 0 Å². The first-order chi connectivity index (χ1) is 8.43. The Morgan fingerprint density at radius 2 is 2.17 bits per heavy atom. The van der Waals surface area contributed by atoms with Crippen LogP contribution in [0.15, 0.2) is 23.1 Å². The number of piperazine rings is 1. The lowest BCUT2D eigenvalue weighted by atomic mass is 10.2. The zero-order chi connectivity index (χ0) is 13.3. The zero-order valence-corrected chi connectivity index (χ0v) is 11.3. The number of hydrogen-bond donors (Lipinski definition) is 1. The fourth-order valence-corrected chi connectivity index (χ4v) is 3.80. The molecule has 1 aromatic rings. The maximum absolute atomic E-state index is 13.8. The van der Waals surface area contributed by atoms with Crippen molar-refractivity contribution in [3.8, 4) is 0 Å². The van der Waals surface area contributed by atoms with E-state index in [2.05, 4.69) is 5.32 Å². The number of hydrogen-bond acceptors (Lipinski definition) is 3. The van der Waals surface area contributed by atoms with Crippen LogP contribution in [0, 0.1) is 12.7 Å². The zero-order valence-electron chi connectivity index (χ0n) is 10.5. The van der Waals surface area contributed by atoms with E-state index in [0.717, 1.165) is 0 Å². The van der Waals surface area contributed by atoms with Crippen LogP contribution < -0.4 is 5.32 Å². The van der Waals surface area contributed by atoms with E-state index in [1.165, 1.54) is 16.4 Å². The molecule has 0 bridgehead atoms. The molecule has 6 heteroatoms. The Kier molecular flexibility index (Phi) is 3.70. The number of halogens is 1. The van der Waals surface area contributed by atoms with Crippen molar-refractivity contribution in [1.29, 1.82) is 0 Å². The standard InChI is InChI=1S/C12H17FN2O2S/c1-9-3-4-12(11(13)7-9)18(16,17)15-6-5-14-8-10(15)2/h3-4,7,10,14H,5-6,8H2,1-2H3. The molecule has 1 heterocycles. The minimum Gasteiger partial charge on any atom is -0.314 e. The van der Waals surface area contributed by atoms with Crippen LogP contribution in [-0.2, 0) is 10.0 Å². The average molecular weight is 272 g/mol.